The van der Waals surface area contributed by atoms with Crippen molar-refractivity contribution in [2.75, 3.05) is 24.7 Å². The third kappa shape index (κ3) is 7.38. The summed E-state index contributed by atoms with van der Waals surface area (Å²) in [4.78, 5) is 13.3. The van der Waals surface area contributed by atoms with Crippen LogP contribution < -0.4 is 20.1 Å². The number of aromatic nitrogens is 3. The molecule has 0 bridgehead atoms. The van der Waals surface area contributed by atoms with Crippen molar-refractivity contribution in [1.82, 2.24) is 25.0 Å². The van der Waals surface area contributed by atoms with E-state index in [1.54, 1.807) is 6.20 Å². The van der Waals surface area contributed by atoms with Gasteiger partial charge in [-0.3, -0.25) is 4.98 Å². The van der Waals surface area contributed by atoms with Gasteiger partial charge >= 0.3 is 0 Å². The van der Waals surface area contributed by atoms with Crippen LogP contribution in [0.2, 0.25) is 0 Å². The standard InChI is InChI=1S/C28H28N6O4S/c1-39(35,36)33-14-13-29-16-23-11-12-27(38-23)25-15-24-26(17-30-25)31-19-32-28(24)34-21-7-9-22(10-8-21)37-18-20-5-3-2-4-6-20/h2-12,15,17,19,29,33H,13-14,16,18H2,1H3,(H,31,32,34). The summed E-state index contributed by atoms with van der Waals surface area (Å²) >= 11 is 0. The second kappa shape index (κ2) is 12.0. The summed E-state index contributed by atoms with van der Waals surface area (Å²) in [5.74, 6) is 2.74. The Morgan fingerprint density at radius 2 is 1.74 bits per heavy atom. The fourth-order valence-electron chi connectivity index (χ4n) is 3.85. The second-order valence-corrected chi connectivity index (χ2v) is 10.7. The number of nitrogens with one attached hydrogen (secondary N) is 3. The number of fused-ring (bicyclic) bond motifs is 1. The number of rotatable bonds is 12. The molecule has 0 atom stereocenters. The molecule has 200 valence electrons. The number of sulfonamides is 1. The molecule has 0 aliphatic heterocycles. The summed E-state index contributed by atoms with van der Waals surface area (Å²) in [5, 5.41) is 7.30. The van der Waals surface area contributed by atoms with Crippen molar-refractivity contribution in [2.45, 2.75) is 13.2 Å². The summed E-state index contributed by atoms with van der Waals surface area (Å²) in [7, 11) is -3.20. The Kier molecular flexibility index (Phi) is 8.11. The van der Waals surface area contributed by atoms with Gasteiger partial charge in [-0.05, 0) is 48.0 Å². The van der Waals surface area contributed by atoms with Crippen molar-refractivity contribution in [3.8, 4) is 17.2 Å². The zero-order valence-corrected chi connectivity index (χ0v) is 22.1. The summed E-state index contributed by atoms with van der Waals surface area (Å²) in [6.07, 6.45) is 4.32. The van der Waals surface area contributed by atoms with E-state index in [0.29, 0.717) is 54.8 Å². The van der Waals surface area contributed by atoms with E-state index >= 15 is 0 Å². The first-order valence-electron chi connectivity index (χ1n) is 12.3. The third-order valence-corrected chi connectivity index (χ3v) is 6.49. The van der Waals surface area contributed by atoms with E-state index in [-0.39, 0.29) is 0 Å². The van der Waals surface area contributed by atoms with Crippen LogP contribution in [0.1, 0.15) is 11.3 Å². The molecule has 0 aliphatic rings. The molecule has 0 aliphatic carbocycles. The van der Waals surface area contributed by atoms with Crippen LogP contribution in [-0.4, -0.2) is 42.7 Å². The lowest BCUT2D eigenvalue weighted by Gasteiger charge is -2.10. The maximum atomic E-state index is 11.1. The average Bonchev–Trinajstić information content (AvgIpc) is 3.41. The van der Waals surface area contributed by atoms with Crippen LogP contribution in [0.5, 0.6) is 5.75 Å². The van der Waals surface area contributed by atoms with Gasteiger partial charge < -0.3 is 19.8 Å². The van der Waals surface area contributed by atoms with Gasteiger partial charge in [0.1, 0.15) is 36.0 Å². The summed E-state index contributed by atoms with van der Waals surface area (Å²) in [5.41, 5.74) is 3.32. The van der Waals surface area contributed by atoms with E-state index in [1.165, 1.54) is 6.33 Å². The molecule has 5 aromatic rings. The van der Waals surface area contributed by atoms with Gasteiger partial charge in [0, 0.05) is 24.2 Å². The van der Waals surface area contributed by atoms with Gasteiger partial charge in [-0.15, -0.1) is 0 Å². The van der Waals surface area contributed by atoms with Crippen LogP contribution in [0, 0.1) is 0 Å². The van der Waals surface area contributed by atoms with Gasteiger partial charge in [0.2, 0.25) is 10.0 Å². The lowest BCUT2D eigenvalue weighted by Crippen LogP contribution is -2.30. The summed E-state index contributed by atoms with van der Waals surface area (Å²) < 4.78 is 36.6. The van der Waals surface area contributed by atoms with E-state index < -0.39 is 10.0 Å². The first-order chi connectivity index (χ1) is 18.9. The number of nitrogens with zero attached hydrogens (tertiary/aromatic N) is 3. The highest BCUT2D eigenvalue weighted by molar-refractivity contribution is 7.88. The van der Waals surface area contributed by atoms with Gasteiger partial charge in [0.25, 0.3) is 0 Å². The lowest BCUT2D eigenvalue weighted by molar-refractivity contribution is 0.306. The Morgan fingerprint density at radius 1 is 0.923 bits per heavy atom. The SMILES string of the molecule is CS(=O)(=O)NCCNCc1ccc(-c2cc3c(Nc4ccc(OCc5ccccc5)cc4)ncnc3cn2)o1. The van der Waals surface area contributed by atoms with E-state index in [1.807, 2.05) is 72.8 Å². The van der Waals surface area contributed by atoms with E-state index in [9.17, 15) is 8.42 Å². The quantitative estimate of drug-likeness (QED) is 0.197. The number of benzene rings is 2. The minimum Gasteiger partial charge on any atom is -0.489 e. The molecule has 39 heavy (non-hydrogen) atoms. The van der Waals surface area contributed by atoms with Crippen LogP contribution in [0.15, 0.2) is 89.7 Å². The largest absolute Gasteiger partial charge is 0.489 e. The smallest absolute Gasteiger partial charge is 0.208 e. The molecule has 11 heteroatoms. The molecular weight excluding hydrogens is 516 g/mol. The molecule has 3 heterocycles. The van der Waals surface area contributed by atoms with Crippen molar-refractivity contribution < 1.29 is 17.6 Å². The van der Waals surface area contributed by atoms with E-state index in [4.69, 9.17) is 9.15 Å². The molecule has 0 amide bonds. The van der Waals surface area contributed by atoms with Gasteiger partial charge in [0.15, 0.2) is 5.76 Å². The Labute approximate surface area is 226 Å². The molecule has 0 spiro atoms. The predicted octanol–water partition coefficient (Wildman–Crippen LogP) is 4.25. The molecule has 0 unspecified atom stereocenters. The predicted molar refractivity (Wildman–Crippen MR) is 150 cm³/mol. The fraction of sp³-hybridized carbons (Fsp3) is 0.179. The van der Waals surface area contributed by atoms with Gasteiger partial charge in [-0.1, -0.05) is 30.3 Å². The van der Waals surface area contributed by atoms with Crippen LogP contribution in [-0.2, 0) is 23.2 Å². The van der Waals surface area contributed by atoms with Crippen molar-refractivity contribution in [2.24, 2.45) is 0 Å². The van der Waals surface area contributed by atoms with Crippen molar-refractivity contribution >= 4 is 32.4 Å². The Hall–Kier alpha value is -4.32. The molecule has 3 N–H and O–H groups in total. The van der Waals surface area contributed by atoms with Crippen LogP contribution in [0.25, 0.3) is 22.4 Å². The maximum absolute atomic E-state index is 11.1. The fourth-order valence-corrected chi connectivity index (χ4v) is 4.33. The number of furan rings is 1. The first-order valence-corrected chi connectivity index (χ1v) is 14.2. The molecule has 3 aromatic heterocycles. The zero-order valence-electron chi connectivity index (χ0n) is 21.3. The van der Waals surface area contributed by atoms with Crippen molar-refractivity contribution in [3.05, 3.63) is 96.6 Å². The van der Waals surface area contributed by atoms with E-state index in [2.05, 4.69) is 30.3 Å². The zero-order chi connectivity index (χ0) is 27.1. The highest BCUT2D eigenvalue weighted by Gasteiger charge is 2.11. The Bertz CT molecular complexity index is 1640. The second-order valence-electron chi connectivity index (χ2n) is 8.84. The molecule has 2 aromatic carbocycles. The number of anilines is 2. The molecule has 0 saturated heterocycles. The maximum Gasteiger partial charge on any atom is 0.208 e. The Balaban J connectivity index is 1.24. The first kappa shape index (κ1) is 26.3. The highest BCUT2D eigenvalue weighted by atomic mass is 32.2. The average molecular weight is 545 g/mol. The minimum absolute atomic E-state index is 0.303. The number of hydrogen-bond acceptors (Lipinski definition) is 9. The van der Waals surface area contributed by atoms with Crippen LogP contribution >= 0.6 is 0 Å². The molecule has 0 radical (unpaired) electrons. The monoisotopic (exact) mass is 544 g/mol. The summed E-state index contributed by atoms with van der Waals surface area (Å²) in [6, 6.07) is 23.3. The molecule has 0 saturated carbocycles. The van der Waals surface area contributed by atoms with Crippen molar-refractivity contribution in [3.63, 3.8) is 0 Å². The van der Waals surface area contributed by atoms with Gasteiger partial charge in [0.05, 0.1) is 24.5 Å². The highest BCUT2D eigenvalue weighted by Crippen LogP contribution is 2.28. The van der Waals surface area contributed by atoms with E-state index in [0.717, 1.165) is 28.6 Å². The van der Waals surface area contributed by atoms with Gasteiger partial charge in [-0.2, -0.15) is 0 Å². The topological polar surface area (TPSA) is 131 Å². The lowest BCUT2D eigenvalue weighted by atomic mass is 10.2. The van der Waals surface area contributed by atoms with Crippen molar-refractivity contribution in [1.29, 1.82) is 0 Å². The normalized spacial score (nSPS) is 11.5. The molecule has 0 fully saturated rings. The minimum atomic E-state index is -3.20. The number of pyridine rings is 1. The Morgan fingerprint density at radius 3 is 2.54 bits per heavy atom. The molecule has 10 nitrogen and oxygen atoms in total. The van der Waals surface area contributed by atoms with Gasteiger partial charge in [-0.25, -0.2) is 23.1 Å². The third-order valence-electron chi connectivity index (χ3n) is 5.77. The molecule has 5 rings (SSSR count). The number of ether oxygens (including phenoxy) is 1. The van der Waals surface area contributed by atoms with Crippen LogP contribution in [0.4, 0.5) is 11.5 Å². The summed E-state index contributed by atoms with van der Waals surface area (Å²) in [6.45, 7) is 1.74. The number of hydrogen-bond donors (Lipinski definition) is 3. The van der Waals surface area contributed by atoms with Crippen LogP contribution in [0.3, 0.4) is 0 Å². The molecular formula is C28H28N6O4S.